The Balaban J connectivity index is 2.83. The number of hydrogen-bond donors (Lipinski definition) is 0. The molecule has 1 rings (SSSR count). The molecule has 0 amide bonds. The van der Waals surface area contributed by atoms with Crippen LogP contribution < -0.4 is 0 Å². The van der Waals surface area contributed by atoms with Gasteiger partial charge in [0.15, 0.2) is 0 Å². The lowest BCUT2D eigenvalue weighted by molar-refractivity contribution is 0.705. The highest BCUT2D eigenvalue weighted by molar-refractivity contribution is 5.05. The second-order valence-corrected chi connectivity index (χ2v) is 1.54. The third kappa shape index (κ3) is 1.09. The second-order valence-electron chi connectivity index (χ2n) is 1.54. The molecular weight excluding hydrogens is 130 g/mol. The molecule has 0 aliphatic heterocycles. The fourth-order valence-electron chi connectivity index (χ4n) is 0.494. The summed E-state index contributed by atoms with van der Waals surface area (Å²) in [5.74, 6) is 0.0928. The van der Waals surface area contributed by atoms with Crippen molar-refractivity contribution in [3.05, 3.63) is 12.2 Å². The maximum atomic E-state index is 8.25. The monoisotopic (exact) mass is 133 g/mol. The Morgan fingerprint density at radius 1 is 1.60 bits per heavy atom. The third-order valence-electron chi connectivity index (χ3n) is 0.869. The topological polar surface area (TPSA) is 78.3 Å². The van der Waals surface area contributed by atoms with E-state index in [1.807, 2.05) is 6.07 Å². The third-order valence-corrected chi connectivity index (χ3v) is 0.869. The molecule has 10 heavy (non-hydrogen) atoms. The van der Waals surface area contributed by atoms with Crippen molar-refractivity contribution in [3.63, 3.8) is 0 Å². The molecule has 0 unspecified atom stereocenters. The van der Waals surface area contributed by atoms with E-state index in [2.05, 4.69) is 10.1 Å². The SMILES string of the molecule is N#CCn1cnc(C#N)n1. The number of nitriles is 2. The Hall–Kier alpha value is -1.88. The molecule has 0 radical (unpaired) electrons. The summed E-state index contributed by atoms with van der Waals surface area (Å²) in [5.41, 5.74) is 0. The molecular formula is C5H3N5. The number of aromatic nitrogens is 3. The van der Waals surface area contributed by atoms with E-state index < -0.39 is 0 Å². The van der Waals surface area contributed by atoms with Crippen LogP contribution in [0.4, 0.5) is 0 Å². The minimum atomic E-state index is 0.0928. The highest BCUT2D eigenvalue weighted by atomic mass is 15.3. The van der Waals surface area contributed by atoms with Gasteiger partial charge in [-0.1, -0.05) is 0 Å². The molecule has 5 heteroatoms. The zero-order chi connectivity index (χ0) is 7.40. The number of rotatable bonds is 1. The number of hydrogen-bond acceptors (Lipinski definition) is 4. The van der Waals surface area contributed by atoms with E-state index in [4.69, 9.17) is 10.5 Å². The van der Waals surface area contributed by atoms with Gasteiger partial charge in [0.1, 0.15) is 18.9 Å². The van der Waals surface area contributed by atoms with Crippen molar-refractivity contribution < 1.29 is 0 Å². The molecule has 5 nitrogen and oxygen atoms in total. The molecule has 0 fully saturated rings. The average Bonchev–Trinajstić information content (AvgIpc) is 2.37. The Morgan fingerprint density at radius 3 is 2.90 bits per heavy atom. The first-order chi connectivity index (χ1) is 4.86. The van der Waals surface area contributed by atoms with Gasteiger partial charge in [-0.25, -0.2) is 9.67 Å². The van der Waals surface area contributed by atoms with Gasteiger partial charge in [-0.15, -0.1) is 5.10 Å². The molecule has 48 valence electrons. The molecule has 1 aromatic heterocycles. The van der Waals surface area contributed by atoms with Crippen LogP contribution in [0.5, 0.6) is 0 Å². The first-order valence-electron chi connectivity index (χ1n) is 2.53. The molecule has 0 aliphatic rings. The van der Waals surface area contributed by atoms with Crippen molar-refractivity contribution >= 4 is 0 Å². The van der Waals surface area contributed by atoms with Crippen LogP contribution in [-0.4, -0.2) is 14.8 Å². The zero-order valence-electron chi connectivity index (χ0n) is 5.02. The van der Waals surface area contributed by atoms with Gasteiger partial charge in [-0.05, 0) is 0 Å². The van der Waals surface area contributed by atoms with Crippen molar-refractivity contribution in [1.29, 1.82) is 10.5 Å². The minimum Gasteiger partial charge on any atom is -0.237 e. The summed E-state index contributed by atoms with van der Waals surface area (Å²) in [7, 11) is 0. The Labute approximate surface area is 57.1 Å². The van der Waals surface area contributed by atoms with Crippen molar-refractivity contribution in [2.45, 2.75) is 6.54 Å². The lowest BCUT2D eigenvalue weighted by atomic mass is 10.7. The number of nitrogens with zero attached hydrogens (tertiary/aromatic N) is 5. The summed E-state index contributed by atoms with van der Waals surface area (Å²) in [6, 6.07) is 3.63. The smallest absolute Gasteiger partial charge is 0.237 e. The van der Waals surface area contributed by atoms with E-state index in [1.54, 1.807) is 6.07 Å². The quantitative estimate of drug-likeness (QED) is 0.525. The summed E-state index contributed by atoms with van der Waals surface area (Å²) in [6.07, 6.45) is 1.35. The van der Waals surface area contributed by atoms with Gasteiger partial charge >= 0.3 is 0 Å². The first kappa shape index (κ1) is 6.24. The maximum Gasteiger partial charge on any atom is 0.252 e. The van der Waals surface area contributed by atoms with Crippen molar-refractivity contribution in [2.75, 3.05) is 0 Å². The predicted octanol–water partition coefficient (Wildman–Crippen LogP) is -0.327. The summed E-state index contributed by atoms with van der Waals surface area (Å²) in [6.45, 7) is 0.134. The standard InChI is InChI=1S/C5H3N5/c6-1-2-10-4-8-5(3-7)9-10/h4H,2H2. The highest BCUT2D eigenvalue weighted by Gasteiger charge is 1.95. The van der Waals surface area contributed by atoms with E-state index >= 15 is 0 Å². The molecule has 0 saturated heterocycles. The Kier molecular flexibility index (Phi) is 1.63. The average molecular weight is 133 g/mol. The van der Waals surface area contributed by atoms with Crippen molar-refractivity contribution in [2.24, 2.45) is 0 Å². The summed E-state index contributed by atoms with van der Waals surface area (Å²) < 4.78 is 1.30. The van der Waals surface area contributed by atoms with Crippen LogP contribution in [0, 0.1) is 22.7 Å². The van der Waals surface area contributed by atoms with E-state index in [0.29, 0.717) is 0 Å². The van der Waals surface area contributed by atoms with Gasteiger partial charge < -0.3 is 0 Å². The largest absolute Gasteiger partial charge is 0.252 e. The van der Waals surface area contributed by atoms with Gasteiger partial charge in [0.25, 0.3) is 5.82 Å². The molecule has 0 aliphatic carbocycles. The molecule has 0 aromatic carbocycles. The second kappa shape index (κ2) is 2.60. The van der Waals surface area contributed by atoms with Crippen LogP contribution in [0.1, 0.15) is 5.82 Å². The lowest BCUT2D eigenvalue weighted by Gasteiger charge is -1.83. The Morgan fingerprint density at radius 2 is 2.40 bits per heavy atom. The normalized spacial score (nSPS) is 8.20. The van der Waals surface area contributed by atoms with Gasteiger partial charge in [0, 0.05) is 0 Å². The summed E-state index contributed by atoms with van der Waals surface area (Å²) in [5, 5.41) is 20.1. The van der Waals surface area contributed by atoms with Crippen molar-refractivity contribution in [3.8, 4) is 12.1 Å². The fraction of sp³-hybridized carbons (Fsp3) is 0.200. The maximum absolute atomic E-state index is 8.25. The van der Waals surface area contributed by atoms with E-state index in [0.717, 1.165) is 0 Å². The van der Waals surface area contributed by atoms with Crippen LogP contribution in [0.15, 0.2) is 6.33 Å². The van der Waals surface area contributed by atoms with Gasteiger partial charge in [0.05, 0.1) is 6.07 Å². The van der Waals surface area contributed by atoms with Crippen LogP contribution >= 0.6 is 0 Å². The molecule has 0 spiro atoms. The summed E-state index contributed by atoms with van der Waals surface area (Å²) in [4.78, 5) is 3.59. The van der Waals surface area contributed by atoms with E-state index in [-0.39, 0.29) is 12.4 Å². The van der Waals surface area contributed by atoms with Crippen LogP contribution in [0.2, 0.25) is 0 Å². The van der Waals surface area contributed by atoms with Crippen LogP contribution in [0.3, 0.4) is 0 Å². The van der Waals surface area contributed by atoms with Gasteiger partial charge in [0.2, 0.25) is 0 Å². The molecule has 0 saturated carbocycles. The minimum absolute atomic E-state index is 0.0928. The lowest BCUT2D eigenvalue weighted by Crippen LogP contribution is -1.95. The van der Waals surface area contributed by atoms with E-state index in [9.17, 15) is 0 Å². The molecule has 0 N–H and O–H groups in total. The van der Waals surface area contributed by atoms with Crippen LogP contribution in [-0.2, 0) is 6.54 Å². The van der Waals surface area contributed by atoms with Crippen LogP contribution in [0.25, 0.3) is 0 Å². The molecule has 1 heterocycles. The first-order valence-corrected chi connectivity index (χ1v) is 2.53. The van der Waals surface area contributed by atoms with Crippen molar-refractivity contribution in [1.82, 2.24) is 14.8 Å². The zero-order valence-corrected chi connectivity index (χ0v) is 5.02. The van der Waals surface area contributed by atoms with Gasteiger partial charge in [-0.3, -0.25) is 0 Å². The molecule has 0 atom stereocenters. The predicted molar refractivity (Wildman–Crippen MR) is 30.3 cm³/mol. The summed E-state index contributed by atoms with van der Waals surface area (Å²) >= 11 is 0. The molecule has 0 bridgehead atoms. The molecule has 1 aromatic rings. The van der Waals surface area contributed by atoms with Gasteiger partial charge in [-0.2, -0.15) is 10.5 Å². The Bertz CT molecular complexity index is 299. The van der Waals surface area contributed by atoms with E-state index in [1.165, 1.54) is 11.0 Å². The highest BCUT2D eigenvalue weighted by Crippen LogP contribution is 1.84. The fourth-order valence-corrected chi connectivity index (χ4v) is 0.494.